The summed E-state index contributed by atoms with van der Waals surface area (Å²) in [6, 6.07) is -0.288. The first-order valence-corrected chi connectivity index (χ1v) is 5.25. The molecule has 15 heavy (non-hydrogen) atoms. The highest BCUT2D eigenvalue weighted by Crippen LogP contribution is 2.00. The molecule has 0 aromatic rings. The van der Waals surface area contributed by atoms with Gasteiger partial charge in [0.2, 0.25) is 6.79 Å². The van der Waals surface area contributed by atoms with Gasteiger partial charge >= 0.3 is 12.1 Å². The third kappa shape index (κ3) is 9.34. The van der Waals surface area contributed by atoms with Gasteiger partial charge in [0.05, 0.1) is 0 Å². The molecule has 0 aromatic carbocycles. The van der Waals surface area contributed by atoms with E-state index in [1.807, 2.05) is 6.92 Å². The topological polar surface area (TPSA) is 61.8 Å². The molecular weight excluding hydrogens is 224 g/mol. The van der Waals surface area contributed by atoms with E-state index in [1.165, 1.54) is 0 Å². The van der Waals surface area contributed by atoms with E-state index in [9.17, 15) is 9.59 Å². The van der Waals surface area contributed by atoms with Gasteiger partial charge in [-0.1, -0.05) is 31.4 Å². The minimum Gasteiger partial charge on any atom is -0.428 e. The van der Waals surface area contributed by atoms with E-state index in [4.69, 9.17) is 11.6 Å². The third-order valence-electron chi connectivity index (χ3n) is 1.55. The molecule has 0 fully saturated rings. The summed E-state index contributed by atoms with van der Waals surface area (Å²) in [7, 11) is 0. The molecule has 0 heterocycles. The Kier molecular flexibility index (Phi) is 8.96. The highest BCUT2D eigenvalue weighted by atomic mass is 35.5. The Bertz CT molecular complexity index is 195. The van der Waals surface area contributed by atoms with Crippen molar-refractivity contribution in [2.24, 2.45) is 0 Å². The van der Waals surface area contributed by atoms with Crippen LogP contribution >= 0.6 is 11.6 Å². The maximum atomic E-state index is 11.0. The van der Waals surface area contributed by atoms with Gasteiger partial charge in [-0.05, 0) is 6.42 Å². The van der Waals surface area contributed by atoms with Gasteiger partial charge in [-0.3, -0.25) is 4.79 Å². The Labute approximate surface area is 93.6 Å². The van der Waals surface area contributed by atoms with E-state index in [2.05, 4.69) is 14.2 Å². The van der Waals surface area contributed by atoms with Crippen molar-refractivity contribution in [2.45, 2.75) is 32.6 Å². The molecule has 0 aliphatic carbocycles. The van der Waals surface area contributed by atoms with Crippen LogP contribution in [0.25, 0.3) is 0 Å². The Balaban J connectivity index is 3.34. The quantitative estimate of drug-likeness (QED) is 0.295. The molecule has 0 aliphatic rings. The van der Waals surface area contributed by atoms with Crippen molar-refractivity contribution >= 4 is 23.7 Å². The summed E-state index contributed by atoms with van der Waals surface area (Å²) in [6.07, 6.45) is 2.17. The predicted octanol–water partition coefficient (Wildman–Crippen LogP) is 2.42. The van der Waals surface area contributed by atoms with Crippen LogP contribution in [0.2, 0.25) is 0 Å². The smallest absolute Gasteiger partial charge is 0.428 e. The molecule has 0 bridgehead atoms. The van der Waals surface area contributed by atoms with E-state index in [0.29, 0.717) is 6.42 Å². The van der Waals surface area contributed by atoms with Crippen molar-refractivity contribution in [3.8, 4) is 0 Å². The molecule has 5 nitrogen and oxygen atoms in total. The highest BCUT2D eigenvalue weighted by molar-refractivity contribution is 6.17. The Morgan fingerprint density at radius 3 is 2.47 bits per heavy atom. The molecule has 88 valence electrons. The van der Waals surface area contributed by atoms with Gasteiger partial charge in [0, 0.05) is 6.42 Å². The van der Waals surface area contributed by atoms with Crippen molar-refractivity contribution < 1.29 is 23.8 Å². The Morgan fingerprint density at radius 1 is 1.13 bits per heavy atom. The fourth-order valence-electron chi connectivity index (χ4n) is 0.821. The zero-order chi connectivity index (χ0) is 11.5. The van der Waals surface area contributed by atoms with E-state index in [0.717, 1.165) is 19.3 Å². The van der Waals surface area contributed by atoms with Crippen molar-refractivity contribution in [2.75, 3.05) is 12.9 Å². The monoisotopic (exact) mass is 238 g/mol. The largest absolute Gasteiger partial charge is 0.512 e. The Hall–Kier alpha value is -0.970. The maximum absolute atomic E-state index is 11.0. The van der Waals surface area contributed by atoms with Crippen LogP contribution in [0.15, 0.2) is 0 Å². The van der Waals surface area contributed by atoms with Gasteiger partial charge in [0.15, 0.2) is 6.07 Å². The maximum Gasteiger partial charge on any atom is 0.512 e. The summed E-state index contributed by atoms with van der Waals surface area (Å²) in [5.41, 5.74) is 0. The molecule has 0 saturated heterocycles. The van der Waals surface area contributed by atoms with Crippen molar-refractivity contribution in [3.05, 3.63) is 0 Å². The van der Waals surface area contributed by atoms with Crippen molar-refractivity contribution in [1.82, 2.24) is 0 Å². The standard InChI is InChI=1S/C9H15ClO5/c1-2-3-4-5-8(11)14-7-15-9(12)13-6-10/h2-7H2,1H3. The van der Waals surface area contributed by atoms with E-state index >= 15 is 0 Å². The van der Waals surface area contributed by atoms with Crippen LogP contribution in [-0.2, 0) is 19.0 Å². The number of carbonyl (C=O) groups is 2. The number of unbranched alkanes of at least 4 members (excludes halogenated alkanes) is 2. The molecule has 0 radical (unpaired) electrons. The fraction of sp³-hybridized carbons (Fsp3) is 0.778. The minimum absolute atomic E-state index is 0.288. The second-order valence-electron chi connectivity index (χ2n) is 2.74. The molecule has 0 spiro atoms. The number of hydrogen-bond acceptors (Lipinski definition) is 5. The number of rotatable bonds is 7. The van der Waals surface area contributed by atoms with Crippen LogP contribution < -0.4 is 0 Å². The van der Waals surface area contributed by atoms with Crippen LogP contribution in [-0.4, -0.2) is 25.0 Å². The summed E-state index contributed by atoms with van der Waals surface area (Å²) in [6.45, 7) is 1.61. The SMILES string of the molecule is CCCCCC(=O)OCOC(=O)OCCl. The molecule has 0 saturated carbocycles. The molecule has 0 aliphatic heterocycles. The summed E-state index contributed by atoms with van der Waals surface area (Å²) >= 11 is 5.09. The molecule has 0 N–H and O–H groups in total. The van der Waals surface area contributed by atoms with E-state index < -0.39 is 12.9 Å². The average Bonchev–Trinajstić information content (AvgIpc) is 2.18. The van der Waals surface area contributed by atoms with Gasteiger partial charge in [-0.2, -0.15) is 0 Å². The zero-order valence-electron chi connectivity index (χ0n) is 8.66. The second kappa shape index (κ2) is 9.58. The first kappa shape index (κ1) is 14.0. The number of hydrogen-bond donors (Lipinski definition) is 0. The van der Waals surface area contributed by atoms with Crippen LogP contribution in [0.4, 0.5) is 4.79 Å². The minimum atomic E-state index is -0.952. The lowest BCUT2D eigenvalue weighted by Crippen LogP contribution is -2.13. The number of esters is 1. The summed E-state index contributed by atoms with van der Waals surface area (Å²) in [5, 5.41) is 0. The number of ether oxygens (including phenoxy) is 3. The highest BCUT2D eigenvalue weighted by Gasteiger charge is 2.05. The predicted molar refractivity (Wildman–Crippen MR) is 53.4 cm³/mol. The molecule has 0 amide bonds. The second-order valence-corrected chi connectivity index (χ2v) is 2.96. The van der Waals surface area contributed by atoms with Gasteiger partial charge in [-0.25, -0.2) is 4.79 Å². The average molecular weight is 239 g/mol. The molecule has 6 heteroatoms. The molecule has 0 aromatic heterocycles. The fourth-order valence-corrected chi connectivity index (χ4v) is 0.910. The summed E-state index contributed by atoms with van der Waals surface area (Å²) in [4.78, 5) is 21.5. The van der Waals surface area contributed by atoms with Gasteiger partial charge in [-0.15, -0.1) is 0 Å². The van der Waals surface area contributed by atoms with Gasteiger partial charge < -0.3 is 14.2 Å². The van der Waals surface area contributed by atoms with Crippen molar-refractivity contribution in [3.63, 3.8) is 0 Å². The lowest BCUT2D eigenvalue weighted by molar-refractivity contribution is -0.153. The molecule has 0 unspecified atom stereocenters. The van der Waals surface area contributed by atoms with Gasteiger partial charge in [0.25, 0.3) is 0 Å². The van der Waals surface area contributed by atoms with Crippen LogP contribution in [0, 0.1) is 0 Å². The zero-order valence-corrected chi connectivity index (χ0v) is 9.42. The van der Waals surface area contributed by atoms with Crippen LogP contribution in [0.3, 0.4) is 0 Å². The van der Waals surface area contributed by atoms with Crippen molar-refractivity contribution in [1.29, 1.82) is 0 Å². The van der Waals surface area contributed by atoms with E-state index in [-0.39, 0.29) is 12.0 Å². The number of halogens is 1. The lowest BCUT2D eigenvalue weighted by Gasteiger charge is -2.05. The molecule has 0 atom stereocenters. The first-order chi connectivity index (χ1) is 7.20. The molecule has 0 rings (SSSR count). The van der Waals surface area contributed by atoms with E-state index in [1.54, 1.807) is 0 Å². The Morgan fingerprint density at radius 2 is 1.87 bits per heavy atom. The summed E-state index contributed by atoms with van der Waals surface area (Å²) < 4.78 is 13.2. The summed E-state index contributed by atoms with van der Waals surface area (Å²) in [5.74, 6) is -0.387. The van der Waals surface area contributed by atoms with Crippen LogP contribution in [0.1, 0.15) is 32.6 Å². The van der Waals surface area contributed by atoms with Gasteiger partial charge in [0.1, 0.15) is 0 Å². The third-order valence-corrected chi connectivity index (χ3v) is 1.66. The number of carbonyl (C=O) groups excluding carboxylic acids is 2. The number of alkyl halides is 1. The normalized spacial score (nSPS) is 9.47. The van der Waals surface area contributed by atoms with Crippen LogP contribution in [0.5, 0.6) is 0 Å². The molecular formula is C9H15ClO5. The lowest BCUT2D eigenvalue weighted by atomic mass is 10.2. The first-order valence-electron chi connectivity index (χ1n) is 4.71.